The summed E-state index contributed by atoms with van der Waals surface area (Å²) in [4.78, 5) is 5.27. The van der Waals surface area contributed by atoms with Crippen molar-refractivity contribution in [1.82, 2.24) is 9.55 Å². The topological polar surface area (TPSA) is 17.8 Å². The Morgan fingerprint density at radius 3 is 1.17 bits per heavy atom. The second kappa shape index (κ2) is 18.1. The maximum absolute atomic E-state index is 5.27. The molecule has 1 aliphatic rings. The molecule has 0 spiro atoms. The van der Waals surface area contributed by atoms with Crippen LogP contribution in [0.2, 0.25) is 0 Å². The quantitative estimate of drug-likeness (QED) is 0.132. The van der Waals surface area contributed by atoms with Crippen molar-refractivity contribution in [3.05, 3.63) is 272 Å². The summed E-state index contributed by atoms with van der Waals surface area (Å²) in [5.41, 5.74) is 21.2. The van der Waals surface area contributed by atoms with E-state index in [9.17, 15) is 0 Å². The van der Waals surface area contributed by atoms with Crippen molar-refractivity contribution in [3.63, 3.8) is 0 Å². The Kier molecular flexibility index (Phi) is 10.7. The highest BCUT2D eigenvalue weighted by Gasteiger charge is 2.22. The lowest BCUT2D eigenvalue weighted by Crippen LogP contribution is -2.01. The highest BCUT2D eigenvalue weighted by molar-refractivity contribution is 6.22. The highest BCUT2D eigenvalue weighted by atomic mass is 15.1. The number of hydrogen-bond donors (Lipinski definition) is 0. The zero-order valence-corrected chi connectivity index (χ0v) is 39.2. The van der Waals surface area contributed by atoms with Crippen molar-refractivity contribution in [2.75, 3.05) is 0 Å². The first-order chi connectivity index (χ1) is 35.2. The Hall–Kier alpha value is -9.11. The summed E-state index contributed by atoms with van der Waals surface area (Å²) in [6.07, 6.45) is 6.45. The average Bonchev–Trinajstić information content (AvgIpc) is 3.85. The fourth-order valence-corrected chi connectivity index (χ4v) is 10.8. The summed E-state index contributed by atoms with van der Waals surface area (Å²) < 4.78 is 2.32. The van der Waals surface area contributed by atoms with E-state index in [0.717, 1.165) is 46.7 Å². The van der Waals surface area contributed by atoms with E-state index in [1.54, 1.807) is 0 Å². The van der Waals surface area contributed by atoms with Crippen LogP contribution in [-0.2, 0) is 6.42 Å². The van der Waals surface area contributed by atoms with Crippen LogP contribution < -0.4 is 0 Å². The van der Waals surface area contributed by atoms with E-state index in [1.807, 2.05) is 0 Å². The predicted molar refractivity (Wildman–Crippen MR) is 299 cm³/mol. The molecule has 0 aliphatic heterocycles. The van der Waals surface area contributed by atoms with Gasteiger partial charge in [0, 0.05) is 11.3 Å². The van der Waals surface area contributed by atoms with E-state index in [4.69, 9.17) is 4.98 Å². The van der Waals surface area contributed by atoms with E-state index in [-0.39, 0.29) is 0 Å². The van der Waals surface area contributed by atoms with Gasteiger partial charge in [0.15, 0.2) is 0 Å². The van der Waals surface area contributed by atoms with Crippen LogP contribution in [0.1, 0.15) is 17.8 Å². The van der Waals surface area contributed by atoms with Crippen molar-refractivity contribution in [1.29, 1.82) is 0 Å². The molecule has 0 atom stereocenters. The molecule has 2 nitrogen and oxygen atoms in total. The van der Waals surface area contributed by atoms with Gasteiger partial charge in [0.05, 0.1) is 11.4 Å². The molecule has 0 N–H and O–H groups in total. The van der Waals surface area contributed by atoms with E-state index in [2.05, 4.69) is 272 Å². The summed E-state index contributed by atoms with van der Waals surface area (Å²) in [5.74, 6) is 0.969. The number of aryl methyl sites for hydroxylation is 1. The standard InChI is InChI=1S/C69H48N2/c1-6-20-47(21-7-1)54-40-55(48-22-8-2-9-23-48)43-58(42-54)67-61-30-16-17-31-62(61)68(59-44-56(49-24-10-3-11-25-49)41-57(45-59)50-26-12-4-13-27-50)64-46-53(38-39-63(64)67)51-34-36-52(37-35-51)69-70-65-32-18-19-33-66(65)71(69)60-28-14-5-15-29-60/h1-17,19-31,33-46H,18,32H2. The maximum atomic E-state index is 5.27. The lowest BCUT2D eigenvalue weighted by molar-refractivity contribution is 0.936. The summed E-state index contributed by atoms with van der Waals surface area (Å²) in [6.45, 7) is 0. The summed E-state index contributed by atoms with van der Waals surface area (Å²) in [7, 11) is 0. The monoisotopic (exact) mass is 904 g/mol. The number of aromatic nitrogens is 2. The molecule has 1 aromatic heterocycles. The van der Waals surface area contributed by atoms with Crippen LogP contribution >= 0.6 is 0 Å². The Balaban J connectivity index is 1.06. The van der Waals surface area contributed by atoms with Gasteiger partial charge in [0.25, 0.3) is 0 Å². The van der Waals surface area contributed by atoms with Crippen LogP contribution in [-0.4, -0.2) is 9.55 Å². The van der Waals surface area contributed by atoms with Crippen LogP contribution in [0.15, 0.2) is 261 Å². The molecular formula is C69H48N2. The molecule has 0 saturated carbocycles. The van der Waals surface area contributed by atoms with Crippen molar-refractivity contribution >= 4 is 27.6 Å². The van der Waals surface area contributed by atoms with Gasteiger partial charge in [-0.25, -0.2) is 4.98 Å². The lowest BCUT2D eigenvalue weighted by atomic mass is 9.82. The van der Waals surface area contributed by atoms with Crippen LogP contribution in [0.5, 0.6) is 0 Å². The predicted octanol–water partition coefficient (Wildman–Crippen LogP) is 18.5. The van der Waals surface area contributed by atoms with Gasteiger partial charge in [-0.1, -0.05) is 206 Å². The third-order valence-corrected chi connectivity index (χ3v) is 14.2. The van der Waals surface area contributed by atoms with Gasteiger partial charge < -0.3 is 0 Å². The number of rotatable bonds is 9. The Morgan fingerprint density at radius 2 is 0.676 bits per heavy atom. The molecule has 13 rings (SSSR count). The van der Waals surface area contributed by atoms with E-state index in [0.29, 0.717) is 0 Å². The lowest BCUT2D eigenvalue weighted by Gasteiger charge is -2.21. The van der Waals surface area contributed by atoms with Crippen LogP contribution in [0.25, 0.3) is 123 Å². The first-order valence-corrected chi connectivity index (χ1v) is 24.7. The molecule has 334 valence electrons. The third kappa shape index (κ3) is 7.86. The van der Waals surface area contributed by atoms with Crippen LogP contribution in [0, 0.1) is 0 Å². The van der Waals surface area contributed by atoms with Crippen molar-refractivity contribution in [3.8, 4) is 95.0 Å². The van der Waals surface area contributed by atoms with Gasteiger partial charge in [-0.3, -0.25) is 4.57 Å². The number of benzene rings is 11. The Labute approximate surface area is 415 Å². The van der Waals surface area contributed by atoms with Gasteiger partial charge in [0.1, 0.15) is 5.82 Å². The minimum Gasteiger partial charge on any atom is -0.293 e. The number of fused-ring (bicyclic) bond motifs is 3. The average molecular weight is 905 g/mol. The highest BCUT2D eigenvalue weighted by Crippen LogP contribution is 2.48. The molecule has 0 bridgehead atoms. The SMILES string of the molecule is C1=Cc2c(nc(-c3ccc(-c4ccc5c(-c6cc(-c7ccccc7)cc(-c7ccccc7)c6)c6ccccc6c(-c6cc(-c7ccccc7)cc(-c7ccccc7)c6)c5c4)cc3)n2-c2ccccc2)CC1. The van der Waals surface area contributed by atoms with Crippen LogP contribution in [0.4, 0.5) is 0 Å². The molecular weight excluding hydrogens is 857 g/mol. The molecule has 0 radical (unpaired) electrons. The molecule has 0 amide bonds. The number of allylic oxidation sites excluding steroid dienone is 1. The number of nitrogens with zero attached hydrogens (tertiary/aromatic N) is 2. The van der Waals surface area contributed by atoms with Gasteiger partial charge >= 0.3 is 0 Å². The van der Waals surface area contributed by atoms with E-state index < -0.39 is 0 Å². The smallest absolute Gasteiger partial charge is 0.145 e. The number of para-hydroxylation sites is 1. The molecule has 0 unspecified atom stereocenters. The van der Waals surface area contributed by atoms with Crippen molar-refractivity contribution in [2.24, 2.45) is 0 Å². The minimum absolute atomic E-state index is 0.943. The zero-order valence-electron chi connectivity index (χ0n) is 39.2. The Morgan fingerprint density at radius 1 is 0.296 bits per heavy atom. The van der Waals surface area contributed by atoms with E-state index in [1.165, 1.54) is 94.0 Å². The molecule has 0 saturated heterocycles. The van der Waals surface area contributed by atoms with Gasteiger partial charge in [-0.15, -0.1) is 0 Å². The van der Waals surface area contributed by atoms with Gasteiger partial charge in [-0.2, -0.15) is 0 Å². The first-order valence-electron chi connectivity index (χ1n) is 24.7. The first kappa shape index (κ1) is 42.0. The third-order valence-electron chi connectivity index (χ3n) is 14.2. The molecule has 2 heteroatoms. The zero-order chi connectivity index (χ0) is 47.1. The Bertz CT molecular complexity index is 3810. The van der Waals surface area contributed by atoms with Crippen molar-refractivity contribution in [2.45, 2.75) is 12.8 Å². The summed E-state index contributed by atoms with van der Waals surface area (Å²) >= 11 is 0. The normalized spacial score (nSPS) is 12.1. The maximum Gasteiger partial charge on any atom is 0.145 e. The van der Waals surface area contributed by atoms with Gasteiger partial charge in [0.2, 0.25) is 0 Å². The fourth-order valence-electron chi connectivity index (χ4n) is 10.8. The molecule has 71 heavy (non-hydrogen) atoms. The largest absolute Gasteiger partial charge is 0.293 e. The molecule has 1 aliphatic carbocycles. The minimum atomic E-state index is 0.943. The number of hydrogen-bond acceptors (Lipinski definition) is 1. The molecule has 12 aromatic rings. The molecule has 11 aromatic carbocycles. The van der Waals surface area contributed by atoms with Gasteiger partial charge in [-0.05, 0) is 173 Å². The molecule has 0 fully saturated rings. The second-order valence-corrected chi connectivity index (χ2v) is 18.6. The summed E-state index contributed by atoms with van der Waals surface area (Å²) in [6, 6.07) is 93.3. The number of imidazole rings is 1. The molecule has 1 heterocycles. The fraction of sp³-hybridized carbons (Fsp3) is 0.0290. The second-order valence-electron chi connectivity index (χ2n) is 18.6. The van der Waals surface area contributed by atoms with Crippen molar-refractivity contribution < 1.29 is 0 Å². The van der Waals surface area contributed by atoms with E-state index >= 15 is 0 Å². The summed E-state index contributed by atoms with van der Waals surface area (Å²) in [5, 5.41) is 4.84. The van der Waals surface area contributed by atoms with Crippen LogP contribution in [0.3, 0.4) is 0 Å².